The minimum atomic E-state index is -0.248. The van der Waals surface area contributed by atoms with Crippen molar-refractivity contribution in [2.75, 3.05) is 31.8 Å². The maximum Gasteiger partial charge on any atom is 0.256 e. The lowest BCUT2D eigenvalue weighted by Crippen LogP contribution is -2.64. The topological polar surface area (TPSA) is 75.4 Å². The van der Waals surface area contributed by atoms with Crippen LogP contribution in [-0.4, -0.2) is 38.4 Å². The Balaban J connectivity index is 2.04. The van der Waals surface area contributed by atoms with Crippen LogP contribution >= 0.6 is 0 Å². The van der Waals surface area contributed by atoms with Crippen LogP contribution in [0.3, 0.4) is 0 Å². The summed E-state index contributed by atoms with van der Waals surface area (Å²) in [5.41, 5.74) is 7.19. The summed E-state index contributed by atoms with van der Waals surface area (Å²) < 4.78 is 15.0. The highest BCUT2D eigenvalue weighted by atomic mass is 16.7. The summed E-state index contributed by atoms with van der Waals surface area (Å²) >= 11 is 0. The van der Waals surface area contributed by atoms with E-state index in [2.05, 4.69) is 9.79 Å². The molecule has 2 rings (SSSR count). The first-order valence-electron chi connectivity index (χ1n) is 4.29. The highest BCUT2D eigenvalue weighted by Gasteiger charge is 2.27. The highest BCUT2D eigenvalue weighted by molar-refractivity contribution is 5.19. The first-order chi connectivity index (χ1) is 6.79. The average Bonchev–Trinajstić information content (AvgIpc) is 2.65. The molecule has 7 heteroatoms. The van der Waals surface area contributed by atoms with Gasteiger partial charge in [0, 0.05) is 7.11 Å². The van der Waals surface area contributed by atoms with E-state index >= 15 is 0 Å². The molecule has 1 aliphatic rings. The Morgan fingerprint density at radius 2 is 2.64 bits per heavy atom. The minimum absolute atomic E-state index is 0.0328. The van der Waals surface area contributed by atoms with E-state index in [1.165, 1.54) is 11.0 Å². The number of rotatable bonds is 2. The number of morpholine rings is 1. The molecule has 1 fully saturated rings. The molecule has 0 radical (unpaired) electrons. The second-order valence-electron chi connectivity index (χ2n) is 2.94. The third kappa shape index (κ3) is 1.78. The van der Waals surface area contributed by atoms with E-state index < -0.39 is 0 Å². The van der Waals surface area contributed by atoms with E-state index in [4.69, 9.17) is 15.2 Å². The molecule has 7 nitrogen and oxygen atoms in total. The Hall–Kier alpha value is -1.34. The molecule has 1 aromatic heterocycles. The van der Waals surface area contributed by atoms with Crippen molar-refractivity contribution in [1.82, 2.24) is 5.27 Å². The quantitative estimate of drug-likeness (QED) is 0.606. The normalized spacial score (nSPS) is 22.6. The number of nitrogens with one attached hydrogen (secondary N) is 1. The lowest BCUT2D eigenvalue weighted by Gasteiger charge is -2.25. The largest absolute Gasteiger partial charge is 0.660 e. The molecule has 1 atom stereocenters. The van der Waals surface area contributed by atoms with E-state index in [9.17, 15) is 0 Å². The molecule has 2 heterocycles. The Bertz CT molecular complexity index is 303. The number of ether oxygens (including phenoxy) is 2. The average molecular weight is 200 g/mol. The van der Waals surface area contributed by atoms with Gasteiger partial charge in [-0.25, -0.2) is 0 Å². The summed E-state index contributed by atoms with van der Waals surface area (Å²) in [6.07, 6.45) is 1.25. The summed E-state index contributed by atoms with van der Waals surface area (Å²) in [6, 6.07) is 0. The van der Waals surface area contributed by atoms with Gasteiger partial charge in [0.05, 0.1) is 17.9 Å². The molecule has 0 aromatic carbocycles. The number of methoxy groups -OCH3 is 1. The van der Waals surface area contributed by atoms with Gasteiger partial charge in [-0.1, -0.05) is 0 Å². The smallest absolute Gasteiger partial charge is 0.256 e. The predicted molar refractivity (Wildman–Crippen MR) is 45.4 cm³/mol. The van der Waals surface area contributed by atoms with Gasteiger partial charge in [-0.15, -0.1) is 5.01 Å². The third-order valence-electron chi connectivity index (χ3n) is 2.02. The Morgan fingerprint density at radius 1 is 1.79 bits per heavy atom. The zero-order valence-electron chi connectivity index (χ0n) is 7.84. The van der Waals surface area contributed by atoms with Gasteiger partial charge in [0.2, 0.25) is 5.27 Å². The fourth-order valence-electron chi connectivity index (χ4n) is 1.31. The Labute approximate surface area is 80.9 Å². The molecule has 0 spiro atoms. The zero-order chi connectivity index (χ0) is 9.97. The van der Waals surface area contributed by atoms with Crippen molar-refractivity contribution in [2.45, 2.75) is 6.29 Å². The standard InChI is InChI=1S/C7H12N4O3/c1-12-7-5-10(2-3-13-7)11-4-6(8)14-9-11/h4,7-8H,2-3,5H2,1H3. The van der Waals surface area contributed by atoms with Crippen LogP contribution in [0.25, 0.3) is 5.73 Å². The van der Waals surface area contributed by atoms with E-state index in [1.807, 2.05) is 5.01 Å². The van der Waals surface area contributed by atoms with Crippen molar-refractivity contribution in [2.24, 2.45) is 0 Å². The SMILES string of the molecule is COC1CN([n+]2cc([NH-])on2)CCO1. The molecule has 0 saturated carbocycles. The molecule has 14 heavy (non-hydrogen) atoms. The summed E-state index contributed by atoms with van der Waals surface area (Å²) in [5, 5.41) is 5.57. The van der Waals surface area contributed by atoms with Gasteiger partial charge in [0.1, 0.15) is 12.4 Å². The first kappa shape index (κ1) is 9.22. The molecular formula is C7H12N4O3. The van der Waals surface area contributed by atoms with Crippen molar-refractivity contribution >= 4 is 5.88 Å². The maximum absolute atomic E-state index is 7.19. The van der Waals surface area contributed by atoms with Gasteiger partial charge in [0.15, 0.2) is 6.29 Å². The van der Waals surface area contributed by atoms with Crippen LogP contribution in [0.15, 0.2) is 10.7 Å². The molecule has 1 aliphatic heterocycles. The van der Waals surface area contributed by atoms with Gasteiger partial charge in [0.25, 0.3) is 6.20 Å². The molecule has 1 aromatic rings. The van der Waals surface area contributed by atoms with Crippen molar-refractivity contribution < 1.29 is 18.8 Å². The molecule has 1 unspecified atom stereocenters. The van der Waals surface area contributed by atoms with Gasteiger partial charge in [-0.05, 0) is 0 Å². The van der Waals surface area contributed by atoms with Gasteiger partial charge in [-0.2, -0.15) is 0 Å². The van der Waals surface area contributed by atoms with Gasteiger partial charge in [-0.3, -0.25) is 0 Å². The van der Waals surface area contributed by atoms with E-state index in [-0.39, 0.29) is 12.2 Å². The van der Waals surface area contributed by atoms with E-state index in [0.717, 1.165) is 0 Å². The van der Waals surface area contributed by atoms with Crippen molar-refractivity contribution in [3.05, 3.63) is 11.9 Å². The Morgan fingerprint density at radius 3 is 3.29 bits per heavy atom. The highest BCUT2D eigenvalue weighted by Crippen LogP contribution is 2.04. The van der Waals surface area contributed by atoms with Crippen LogP contribution in [0.4, 0.5) is 5.88 Å². The number of nitrogens with zero attached hydrogens (tertiary/aromatic N) is 3. The van der Waals surface area contributed by atoms with Crippen LogP contribution in [0.2, 0.25) is 0 Å². The zero-order valence-corrected chi connectivity index (χ0v) is 7.84. The maximum atomic E-state index is 7.19. The summed E-state index contributed by atoms with van der Waals surface area (Å²) in [6.45, 7) is 1.86. The van der Waals surface area contributed by atoms with Crippen LogP contribution in [-0.2, 0) is 9.47 Å². The second kappa shape index (κ2) is 3.81. The van der Waals surface area contributed by atoms with E-state index in [1.54, 1.807) is 7.11 Å². The Kier molecular flexibility index (Phi) is 2.51. The molecule has 1 saturated heterocycles. The molecular weight excluding hydrogens is 188 g/mol. The van der Waals surface area contributed by atoms with Crippen LogP contribution in [0.1, 0.15) is 0 Å². The van der Waals surface area contributed by atoms with Crippen molar-refractivity contribution in [3.63, 3.8) is 0 Å². The van der Waals surface area contributed by atoms with Crippen LogP contribution in [0.5, 0.6) is 0 Å². The summed E-state index contributed by atoms with van der Waals surface area (Å²) in [5.74, 6) is 0.0328. The molecule has 78 valence electrons. The second-order valence-corrected chi connectivity index (χ2v) is 2.94. The molecule has 0 amide bonds. The number of hydrogen-bond acceptors (Lipinski definition) is 5. The fourth-order valence-corrected chi connectivity index (χ4v) is 1.31. The molecule has 0 bridgehead atoms. The molecule has 0 aliphatic carbocycles. The number of hydrogen-bond donors (Lipinski definition) is 0. The first-order valence-corrected chi connectivity index (χ1v) is 4.29. The van der Waals surface area contributed by atoms with Crippen LogP contribution in [0, 0.1) is 0 Å². The summed E-state index contributed by atoms with van der Waals surface area (Å²) in [4.78, 5) is 1.50. The van der Waals surface area contributed by atoms with Gasteiger partial charge < -0.3 is 19.7 Å². The third-order valence-corrected chi connectivity index (χ3v) is 2.02. The fraction of sp³-hybridized carbons (Fsp3) is 0.714. The molecule has 1 N–H and O–H groups in total. The van der Waals surface area contributed by atoms with Gasteiger partial charge >= 0.3 is 0 Å². The minimum Gasteiger partial charge on any atom is -0.660 e. The van der Waals surface area contributed by atoms with Crippen LogP contribution < -0.4 is 9.80 Å². The lowest BCUT2D eigenvalue weighted by atomic mass is 10.5. The van der Waals surface area contributed by atoms with Crippen molar-refractivity contribution in [1.29, 1.82) is 0 Å². The number of aromatic nitrogens is 2. The van der Waals surface area contributed by atoms with Crippen molar-refractivity contribution in [3.8, 4) is 0 Å². The monoisotopic (exact) mass is 200 g/mol. The van der Waals surface area contributed by atoms with E-state index in [0.29, 0.717) is 19.7 Å². The lowest BCUT2D eigenvalue weighted by molar-refractivity contribution is -0.761. The summed E-state index contributed by atoms with van der Waals surface area (Å²) in [7, 11) is 1.59. The predicted octanol–water partition coefficient (Wildman–Crippen LogP) is -0.414.